The van der Waals surface area contributed by atoms with Crippen molar-refractivity contribution < 1.29 is 26.9 Å². The molecule has 0 unspecified atom stereocenters. The van der Waals surface area contributed by atoms with E-state index in [9.17, 15) is 27.3 Å². The summed E-state index contributed by atoms with van der Waals surface area (Å²) in [7, 11) is -2.64. The van der Waals surface area contributed by atoms with Gasteiger partial charge in [-0.1, -0.05) is 18.2 Å². The molecule has 2 aromatic rings. The first-order chi connectivity index (χ1) is 12.1. The SMILES string of the molecule is Cc1ccc(S(=O)(=O)N(C)Cc2ccc(OC(F)F)cc2)cc1[N+](=O)[O-]. The number of ether oxygens (including phenoxy) is 1. The molecule has 0 heterocycles. The topological polar surface area (TPSA) is 89.8 Å². The highest BCUT2D eigenvalue weighted by Gasteiger charge is 2.24. The zero-order chi connectivity index (χ0) is 19.5. The summed E-state index contributed by atoms with van der Waals surface area (Å²) in [4.78, 5) is 10.2. The second-order valence-corrected chi connectivity index (χ2v) is 7.53. The summed E-state index contributed by atoms with van der Waals surface area (Å²) in [5.41, 5.74) is 0.610. The Kier molecular flexibility index (Phi) is 5.88. The minimum absolute atomic E-state index is 0.0385. The van der Waals surface area contributed by atoms with E-state index < -0.39 is 21.6 Å². The van der Waals surface area contributed by atoms with Gasteiger partial charge in [-0.25, -0.2) is 8.42 Å². The highest BCUT2D eigenvalue weighted by atomic mass is 32.2. The molecule has 0 aromatic heterocycles. The molecule has 0 saturated heterocycles. The fourth-order valence-electron chi connectivity index (χ4n) is 2.24. The van der Waals surface area contributed by atoms with Crippen molar-refractivity contribution in [2.75, 3.05) is 7.05 Å². The van der Waals surface area contributed by atoms with Gasteiger partial charge in [0.1, 0.15) is 5.75 Å². The van der Waals surface area contributed by atoms with Gasteiger partial charge in [-0.05, 0) is 30.7 Å². The molecule has 2 aromatic carbocycles. The lowest BCUT2D eigenvalue weighted by atomic mass is 10.2. The largest absolute Gasteiger partial charge is 0.435 e. The molecule has 0 spiro atoms. The van der Waals surface area contributed by atoms with E-state index in [0.29, 0.717) is 11.1 Å². The van der Waals surface area contributed by atoms with Crippen LogP contribution in [0.25, 0.3) is 0 Å². The number of hydrogen-bond donors (Lipinski definition) is 0. The van der Waals surface area contributed by atoms with Crippen LogP contribution in [0.4, 0.5) is 14.5 Å². The predicted molar refractivity (Wildman–Crippen MR) is 89.6 cm³/mol. The van der Waals surface area contributed by atoms with Crippen molar-refractivity contribution in [2.24, 2.45) is 0 Å². The third kappa shape index (κ3) is 4.52. The Hall–Kier alpha value is -2.59. The van der Waals surface area contributed by atoms with Crippen LogP contribution in [-0.4, -0.2) is 31.3 Å². The van der Waals surface area contributed by atoms with Crippen LogP contribution < -0.4 is 4.74 Å². The normalized spacial score (nSPS) is 11.8. The molecule has 7 nitrogen and oxygen atoms in total. The van der Waals surface area contributed by atoms with Gasteiger partial charge in [0, 0.05) is 25.2 Å². The lowest BCUT2D eigenvalue weighted by Gasteiger charge is -2.17. The highest BCUT2D eigenvalue weighted by Crippen LogP contribution is 2.25. The third-order valence-electron chi connectivity index (χ3n) is 3.64. The Morgan fingerprint density at radius 1 is 1.19 bits per heavy atom. The molecule has 0 atom stereocenters. The third-order valence-corrected chi connectivity index (χ3v) is 5.44. The maximum atomic E-state index is 12.6. The molecule has 0 aliphatic heterocycles. The van der Waals surface area contributed by atoms with E-state index in [1.807, 2.05) is 0 Å². The molecule has 0 amide bonds. The summed E-state index contributed by atoms with van der Waals surface area (Å²) in [6.07, 6.45) is 0. The minimum Gasteiger partial charge on any atom is -0.435 e. The number of sulfonamides is 1. The van der Waals surface area contributed by atoms with Gasteiger partial charge in [0.15, 0.2) is 0 Å². The van der Waals surface area contributed by atoms with E-state index in [1.54, 1.807) is 0 Å². The van der Waals surface area contributed by atoms with Crippen LogP contribution in [-0.2, 0) is 16.6 Å². The molecule has 0 aliphatic carbocycles. The maximum Gasteiger partial charge on any atom is 0.387 e. The van der Waals surface area contributed by atoms with E-state index in [2.05, 4.69) is 4.74 Å². The van der Waals surface area contributed by atoms with E-state index >= 15 is 0 Å². The predicted octanol–water partition coefficient (Wildman–Crippen LogP) is 3.33. The standard InChI is InChI=1S/C16H16F2N2O5S/c1-11-3-8-14(9-15(11)20(21)22)26(23,24)19(2)10-12-4-6-13(7-5-12)25-16(17)18/h3-9,16H,10H2,1-2H3. The minimum atomic E-state index is -3.96. The van der Waals surface area contributed by atoms with Crippen LogP contribution in [0.15, 0.2) is 47.4 Å². The summed E-state index contributed by atoms with van der Waals surface area (Å²) in [6.45, 7) is -1.47. The molecule has 0 fully saturated rings. The van der Waals surface area contributed by atoms with Crippen molar-refractivity contribution in [1.29, 1.82) is 0 Å². The van der Waals surface area contributed by atoms with Crippen LogP contribution in [0.3, 0.4) is 0 Å². The zero-order valence-corrected chi connectivity index (χ0v) is 14.7. The Morgan fingerprint density at radius 2 is 1.81 bits per heavy atom. The Bertz CT molecular complexity index is 901. The van der Waals surface area contributed by atoms with Crippen LogP contribution >= 0.6 is 0 Å². The Labute approximate surface area is 149 Å². The number of nitro groups is 1. The molecule has 0 N–H and O–H groups in total. The van der Waals surface area contributed by atoms with E-state index in [4.69, 9.17) is 0 Å². The Balaban J connectivity index is 2.21. The van der Waals surface area contributed by atoms with Crippen molar-refractivity contribution >= 4 is 15.7 Å². The van der Waals surface area contributed by atoms with Crippen molar-refractivity contribution in [3.63, 3.8) is 0 Å². The molecule has 2 rings (SSSR count). The van der Waals surface area contributed by atoms with Crippen molar-refractivity contribution in [1.82, 2.24) is 4.31 Å². The fraction of sp³-hybridized carbons (Fsp3) is 0.250. The molecular formula is C16H16F2N2O5S. The molecular weight excluding hydrogens is 370 g/mol. The summed E-state index contributed by atoms with van der Waals surface area (Å²) in [5, 5.41) is 11.0. The summed E-state index contributed by atoms with van der Waals surface area (Å²) < 4.78 is 54.7. The monoisotopic (exact) mass is 386 g/mol. The van der Waals surface area contributed by atoms with Crippen molar-refractivity contribution in [3.8, 4) is 5.75 Å². The van der Waals surface area contributed by atoms with Gasteiger partial charge in [-0.15, -0.1) is 0 Å². The first-order valence-electron chi connectivity index (χ1n) is 7.36. The zero-order valence-electron chi connectivity index (χ0n) is 13.9. The van der Waals surface area contributed by atoms with E-state index in [-0.39, 0.29) is 22.9 Å². The molecule has 0 saturated carbocycles. The second kappa shape index (κ2) is 7.75. The maximum absolute atomic E-state index is 12.6. The average molecular weight is 386 g/mol. The van der Waals surface area contributed by atoms with Gasteiger partial charge in [0.2, 0.25) is 10.0 Å². The summed E-state index contributed by atoms with van der Waals surface area (Å²) in [5.74, 6) is -0.0385. The number of rotatable bonds is 7. The smallest absolute Gasteiger partial charge is 0.387 e. The Morgan fingerprint density at radius 3 is 2.35 bits per heavy atom. The lowest BCUT2D eigenvalue weighted by Crippen LogP contribution is -2.26. The fourth-order valence-corrected chi connectivity index (χ4v) is 3.42. The van der Waals surface area contributed by atoms with Gasteiger partial charge in [-0.3, -0.25) is 10.1 Å². The number of aryl methyl sites for hydroxylation is 1. The van der Waals surface area contributed by atoms with Crippen LogP contribution in [0.5, 0.6) is 5.75 Å². The van der Waals surface area contributed by atoms with Gasteiger partial charge in [0.25, 0.3) is 5.69 Å². The summed E-state index contributed by atoms with van der Waals surface area (Å²) in [6, 6.07) is 9.21. The lowest BCUT2D eigenvalue weighted by molar-refractivity contribution is -0.385. The van der Waals surface area contributed by atoms with E-state index in [0.717, 1.165) is 10.4 Å². The second-order valence-electron chi connectivity index (χ2n) is 5.49. The number of alkyl halides is 2. The molecule has 0 bridgehead atoms. The summed E-state index contributed by atoms with van der Waals surface area (Å²) >= 11 is 0. The van der Waals surface area contributed by atoms with Gasteiger partial charge < -0.3 is 4.74 Å². The number of hydrogen-bond acceptors (Lipinski definition) is 5. The average Bonchev–Trinajstić information content (AvgIpc) is 2.56. The van der Waals surface area contributed by atoms with Crippen LogP contribution in [0.1, 0.15) is 11.1 Å². The molecule has 0 aliphatic rings. The van der Waals surface area contributed by atoms with Gasteiger partial charge in [0.05, 0.1) is 9.82 Å². The van der Waals surface area contributed by atoms with Gasteiger partial charge >= 0.3 is 6.61 Å². The van der Waals surface area contributed by atoms with Gasteiger partial charge in [-0.2, -0.15) is 13.1 Å². The number of nitrogens with zero attached hydrogens (tertiary/aromatic N) is 2. The van der Waals surface area contributed by atoms with Crippen molar-refractivity contribution in [3.05, 3.63) is 63.7 Å². The molecule has 140 valence electrons. The number of halogens is 2. The van der Waals surface area contributed by atoms with Crippen LogP contribution in [0.2, 0.25) is 0 Å². The highest BCUT2D eigenvalue weighted by molar-refractivity contribution is 7.89. The molecule has 0 radical (unpaired) electrons. The first-order valence-corrected chi connectivity index (χ1v) is 8.80. The number of benzene rings is 2. The van der Waals surface area contributed by atoms with Crippen molar-refractivity contribution in [2.45, 2.75) is 25.0 Å². The molecule has 26 heavy (non-hydrogen) atoms. The first kappa shape index (κ1) is 19.7. The van der Waals surface area contributed by atoms with Crippen LogP contribution in [0, 0.1) is 17.0 Å². The quantitative estimate of drug-likeness (QED) is 0.538. The molecule has 10 heteroatoms. The van der Waals surface area contributed by atoms with E-state index in [1.165, 1.54) is 50.4 Å². The number of nitro benzene ring substituents is 1.